The molecule has 1 saturated heterocycles. The van der Waals surface area contributed by atoms with E-state index in [0.29, 0.717) is 18.0 Å². The Bertz CT molecular complexity index is 451. The highest BCUT2D eigenvalue weighted by molar-refractivity contribution is 9.10. The Balaban J connectivity index is 0.00000200. The second-order valence-corrected chi connectivity index (χ2v) is 5.83. The number of phenols is 1. The molecule has 0 aromatic heterocycles. The summed E-state index contributed by atoms with van der Waals surface area (Å²) in [6, 6.07) is 4.86. The molecule has 2 rings (SSSR count). The number of nitrogens with one attached hydrogen (secondary N) is 2. The van der Waals surface area contributed by atoms with Crippen LogP contribution in [0.5, 0.6) is 5.75 Å². The van der Waals surface area contributed by atoms with Gasteiger partial charge in [0.25, 0.3) is 5.91 Å². The van der Waals surface area contributed by atoms with Crippen LogP contribution < -0.4 is 10.6 Å². The molecule has 4 nitrogen and oxygen atoms in total. The van der Waals surface area contributed by atoms with Crippen molar-refractivity contribution >= 4 is 34.2 Å². The Morgan fingerprint density at radius 3 is 3.00 bits per heavy atom. The summed E-state index contributed by atoms with van der Waals surface area (Å²) in [6.45, 7) is 2.80. The average Bonchev–Trinajstić information content (AvgIpc) is 2.42. The van der Waals surface area contributed by atoms with E-state index in [0.717, 1.165) is 24.0 Å². The largest absolute Gasteiger partial charge is 0.507 e. The number of amides is 1. The molecule has 0 bridgehead atoms. The number of aromatic hydroxyl groups is 1. The molecule has 3 N–H and O–H groups in total. The molecule has 0 spiro atoms. The molecule has 1 aromatic rings. The molecule has 1 amide bonds. The van der Waals surface area contributed by atoms with Crippen LogP contribution in [-0.2, 0) is 0 Å². The monoisotopic (exact) mass is 362 g/mol. The van der Waals surface area contributed by atoms with Crippen molar-refractivity contribution in [2.24, 2.45) is 5.92 Å². The summed E-state index contributed by atoms with van der Waals surface area (Å²) in [5.41, 5.74) is 0.316. The van der Waals surface area contributed by atoms with E-state index in [1.807, 2.05) is 0 Å². The van der Waals surface area contributed by atoms with Gasteiger partial charge in [-0.1, -0.05) is 15.9 Å². The van der Waals surface area contributed by atoms with Crippen molar-refractivity contribution in [1.82, 2.24) is 10.6 Å². The average molecular weight is 364 g/mol. The summed E-state index contributed by atoms with van der Waals surface area (Å²) in [6.07, 6.45) is 3.42. The van der Waals surface area contributed by atoms with Crippen LogP contribution in [0.3, 0.4) is 0 Å². The van der Waals surface area contributed by atoms with Gasteiger partial charge in [-0.05, 0) is 56.5 Å². The van der Waals surface area contributed by atoms with Crippen LogP contribution in [0.2, 0.25) is 0 Å². The number of piperidine rings is 1. The summed E-state index contributed by atoms with van der Waals surface area (Å²) in [7, 11) is 0. The summed E-state index contributed by atoms with van der Waals surface area (Å²) < 4.78 is 0.784. The summed E-state index contributed by atoms with van der Waals surface area (Å²) >= 11 is 3.30. The topological polar surface area (TPSA) is 61.4 Å². The fourth-order valence-electron chi connectivity index (χ4n) is 2.35. The van der Waals surface area contributed by atoms with Gasteiger partial charge in [-0.25, -0.2) is 0 Å². The number of carbonyl (C=O) groups is 1. The molecule has 0 aliphatic carbocycles. The van der Waals surface area contributed by atoms with Gasteiger partial charge >= 0.3 is 0 Å². The first-order chi connectivity index (χ1) is 9.16. The number of benzene rings is 1. The quantitative estimate of drug-likeness (QED) is 0.771. The molecular formula is C14H20BrClN2O2. The van der Waals surface area contributed by atoms with Crippen LogP contribution in [0.4, 0.5) is 0 Å². The Hall–Kier alpha value is -0.780. The first-order valence-corrected chi connectivity index (χ1v) is 7.43. The Kier molecular flexibility index (Phi) is 7.34. The predicted molar refractivity (Wildman–Crippen MR) is 85.6 cm³/mol. The molecule has 6 heteroatoms. The normalized spacial score (nSPS) is 18.1. The van der Waals surface area contributed by atoms with Crippen LogP contribution in [0.25, 0.3) is 0 Å². The van der Waals surface area contributed by atoms with E-state index in [1.54, 1.807) is 12.1 Å². The van der Waals surface area contributed by atoms with Gasteiger partial charge in [-0.3, -0.25) is 4.79 Å². The molecule has 0 radical (unpaired) electrons. The molecule has 20 heavy (non-hydrogen) atoms. The highest BCUT2D eigenvalue weighted by atomic mass is 79.9. The van der Waals surface area contributed by atoms with E-state index < -0.39 is 0 Å². The zero-order chi connectivity index (χ0) is 13.7. The number of rotatable bonds is 4. The smallest absolute Gasteiger partial charge is 0.255 e. The van der Waals surface area contributed by atoms with Crippen molar-refractivity contribution in [3.8, 4) is 5.75 Å². The van der Waals surface area contributed by atoms with Gasteiger partial charge in [-0.2, -0.15) is 0 Å². The lowest BCUT2D eigenvalue weighted by Gasteiger charge is -2.22. The van der Waals surface area contributed by atoms with E-state index >= 15 is 0 Å². The SMILES string of the molecule is Cl.O=C(NCCC1CCCNC1)c1cc(Br)ccc1O. The molecule has 1 aliphatic heterocycles. The number of hydrogen-bond donors (Lipinski definition) is 3. The van der Waals surface area contributed by atoms with E-state index in [2.05, 4.69) is 26.6 Å². The van der Waals surface area contributed by atoms with Crippen molar-refractivity contribution in [2.75, 3.05) is 19.6 Å². The van der Waals surface area contributed by atoms with Crippen molar-refractivity contribution in [1.29, 1.82) is 0 Å². The molecule has 0 saturated carbocycles. The first-order valence-electron chi connectivity index (χ1n) is 6.64. The maximum atomic E-state index is 12.0. The maximum absolute atomic E-state index is 12.0. The fourth-order valence-corrected chi connectivity index (χ4v) is 2.71. The Morgan fingerprint density at radius 1 is 1.50 bits per heavy atom. The lowest BCUT2D eigenvalue weighted by Crippen LogP contribution is -2.33. The second-order valence-electron chi connectivity index (χ2n) is 4.92. The molecule has 1 aliphatic rings. The Labute approximate surface area is 133 Å². The lowest BCUT2D eigenvalue weighted by atomic mass is 9.96. The first kappa shape index (κ1) is 17.3. The molecule has 1 aromatic carbocycles. The van der Waals surface area contributed by atoms with Gasteiger partial charge in [-0.15, -0.1) is 12.4 Å². The van der Waals surface area contributed by atoms with Crippen LogP contribution in [0, 0.1) is 5.92 Å². The minimum atomic E-state index is -0.220. The van der Waals surface area contributed by atoms with Crippen molar-refractivity contribution in [3.05, 3.63) is 28.2 Å². The summed E-state index contributed by atoms with van der Waals surface area (Å²) in [5, 5.41) is 15.9. The number of halogens is 2. The van der Waals surface area contributed by atoms with Crippen LogP contribution in [0.1, 0.15) is 29.6 Å². The van der Waals surface area contributed by atoms with E-state index in [-0.39, 0.29) is 24.1 Å². The van der Waals surface area contributed by atoms with E-state index in [1.165, 1.54) is 18.9 Å². The highest BCUT2D eigenvalue weighted by Gasteiger charge is 2.14. The maximum Gasteiger partial charge on any atom is 0.255 e. The molecule has 112 valence electrons. The number of phenolic OH excluding ortho intramolecular Hbond substituents is 1. The fraction of sp³-hybridized carbons (Fsp3) is 0.500. The number of hydrogen-bond acceptors (Lipinski definition) is 3. The van der Waals surface area contributed by atoms with Gasteiger partial charge in [0.2, 0.25) is 0 Å². The third kappa shape index (κ3) is 4.96. The molecule has 1 atom stereocenters. The zero-order valence-electron chi connectivity index (χ0n) is 11.2. The lowest BCUT2D eigenvalue weighted by molar-refractivity contribution is 0.0948. The predicted octanol–water partition coefficient (Wildman–Crippen LogP) is 2.70. The highest BCUT2D eigenvalue weighted by Crippen LogP contribution is 2.21. The van der Waals surface area contributed by atoms with Crippen LogP contribution in [0.15, 0.2) is 22.7 Å². The van der Waals surface area contributed by atoms with Gasteiger partial charge in [0, 0.05) is 11.0 Å². The van der Waals surface area contributed by atoms with Crippen LogP contribution >= 0.6 is 28.3 Å². The summed E-state index contributed by atoms with van der Waals surface area (Å²) in [5.74, 6) is 0.438. The standard InChI is InChI=1S/C14H19BrN2O2.ClH/c15-11-3-4-13(18)12(8-11)14(19)17-7-5-10-2-1-6-16-9-10;/h3-4,8,10,16,18H,1-2,5-7,9H2,(H,17,19);1H. The Morgan fingerprint density at radius 2 is 2.30 bits per heavy atom. The van der Waals surface area contributed by atoms with Gasteiger partial charge in [0.05, 0.1) is 5.56 Å². The third-order valence-electron chi connectivity index (χ3n) is 3.44. The van der Waals surface area contributed by atoms with Gasteiger partial charge < -0.3 is 15.7 Å². The minimum absolute atomic E-state index is 0. The third-order valence-corrected chi connectivity index (χ3v) is 3.93. The van der Waals surface area contributed by atoms with Gasteiger partial charge in [0.15, 0.2) is 0 Å². The minimum Gasteiger partial charge on any atom is -0.507 e. The zero-order valence-corrected chi connectivity index (χ0v) is 13.6. The van der Waals surface area contributed by atoms with Gasteiger partial charge in [0.1, 0.15) is 5.75 Å². The number of carbonyl (C=O) groups excluding carboxylic acids is 1. The molecule has 1 unspecified atom stereocenters. The van der Waals surface area contributed by atoms with Crippen molar-refractivity contribution in [3.63, 3.8) is 0 Å². The molecule has 1 fully saturated rings. The van der Waals surface area contributed by atoms with E-state index in [9.17, 15) is 9.90 Å². The molecule has 1 heterocycles. The van der Waals surface area contributed by atoms with Crippen molar-refractivity contribution < 1.29 is 9.90 Å². The second kappa shape index (κ2) is 8.49. The van der Waals surface area contributed by atoms with Crippen molar-refractivity contribution in [2.45, 2.75) is 19.3 Å². The van der Waals surface area contributed by atoms with Crippen LogP contribution in [-0.4, -0.2) is 30.6 Å². The molecular weight excluding hydrogens is 344 g/mol. The van der Waals surface area contributed by atoms with E-state index in [4.69, 9.17) is 0 Å². The summed E-state index contributed by atoms with van der Waals surface area (Å²) in [4.78, 5) is 12.0.